The number of nitrogens with zero attached hydrogens (tertiary/aromatic N) is 2. The molecule has 0 amide bonds. The van der Waals surface area contributed by atoms with E-state index in [-0.39, 0.29) is 63.7 Å². The van der Waals surface area contributed by atoms with Crippen LogP contribution in [0.4, 0.5) is 0 Å². The molecule has 23 heavy (non-hydrogen) atoms. The minimum atomic E-state index is -0.876. The van der Waals surface area contributed by atoms with Crippen LogP contribution in [0, 0.1) is 0 Å². The van der Waals surface area contributed by atoms with Gasteiger partial charge in [-0.15, -0.1) is 0 Å². The van der Waals surface area contributed by atoms with Gasteiger partial charge in [0.05, 0.1) is 19.1 Å². The molecule has 0 aromatic rings. The normalized spacial score (nSPS) is 13.3. The Bertz CT molecular complexity index is 360. The van der Waals surface area contributed by atoms with E-state index in [1.807, 2.05) is 6.08 Å². The maximum Gasteiger partial charge on any atom is 1.00 e. The number of hydrogen-bond donors (Lipinski definition) is 2. The molecule has 1 atom stereocenters. The average Bonchev–Trinajstić information content (AvgIpc) is 2.43. The average molecular weight is 353 g/mol. The molecule has 7 heteroatoms. The van der Waals surface area contributed by atoms with Crippen molar-refractivity contribution >= 4 is 11.9 Å². The number of carboxylic acids is 1. The number of hydrogen-bond acceptors (Lipinski definition) is 5. The number of aliphatic hydroxyl groups is 1. The van der Waals surface area contributed by atoms with Gasteiger partial charge in [-0.3, -0.25) is 14.7 Å². The summed E-state index contributed by atoms with van der Waals surface area (Å²) >= 11 is 0. The summed E-state index contributed by atoms with van der Waals surface area (Å²) in [5, 5.41) is 29.6. The van der Waals surface area contributed by atoms with E-state index >= 15 is 0 Å². The fourth-order valence-electron chi connectivity index (χ4n) is 1.97. The van der Waals surface area contributed by atoms with Gasteiger partial charge in [0, 0.05) is 19.6 Å². The van der Waals surface area contributed by atoms with E-state index in [1.165, 1.54) is 6.08 Å². The molecule has 0 rings (SSSR count). The summed E-state index contributed by atoms with van der Waals surface area (Å²) in [7, 11) is 0. The third-order valence-electron chi connectivity index (χ3n) is 3.08. The summed E-state index contributed by atoms with van der Waals surface area (Å²) < 4.78 is 0. The van der Waals surface area contributed by atoms with Crippen LogP contribution in [0.3, 0.4) is 0 Å². The molecule has 1 unspecified atom stereocenters. The first-order valence-electron chi connectivity index (χ1n) is 7.96. The van der Waals surface area contributed by atoms with Gasteiger partial charge in [0.2, 0.25) is 0 Å². The molecule has 0 aliphatic carbocycles. The topological polar surface area (TPSA) is 96.2 Å². The summed E-state index contributed by atoms with van der Waals surface area (Å²) in [6.45, 7) is 5.28. The third kappa shape index (κ3) is 18.4. The van der Waals surface area contributed by atoms with Crippen LogP contribution in [0.5, 0.6) is 0 Å². The van der Waals surface area contributed by atoms with E-state index < -0.39 is 12.1 Å². The Morgan fingerprint density at radius 1 is 1.35 bits per heavy atom. The maximum absolute atomic E-state index is 11.5. The molecule has 0 heterocycles. The SMILES string of the molecule is CCCCC/C=C/C([O-])=NCCN(CCC(=O)O)CC(C)O.[K+]. The molecule has 0 bridgehead atoms. The fourth-order valence-corrected chi connectivity index (χ4v) is 1.97. The molecule has 2 N–H and O–H groups in total. The number of unbranched alkanes of at least 4 members (excludes halogenated alkanes) is 3. The third-order valence-corrected chi connectivity index (χ3v) is 3.08. The molecule has 0 saturated heterocycles. The van der Waals surface area contributed by atoms with E-state index in [9.17, 15) is 15.0 Å². The molecule has 128 valence electrons. The van der Waals surface area contributed by atoms with Gasteiger partial charge in [-0.05, 0) is 25.7 Å². The smallest absolute Gasteiger partial charge is 0.859 e. The number of aliphatic carboxylic acids is 1. The minimum absolute atomic E-state index is 0. The molecule has 0 aromatic carbocycles. The molecule has 0 aliphatic heterocycles. The zero-order chi connectivity index (χ0) is 16.8. The van der Waals surface area contributed by atoms with Crippen molar-refractivity contribution in [3.8, 4) is 0 Å². The van der Waals surface area contributed by atoms with Crippen LogP contribution in [0.15, 0.2) is 17.1 Å². The van der Waals surface area contributed by atoms with Crippen molar-refractivity contribution in [3.63, 3.8) is 0 Å². The Morgan fingerprint density at radius 3 is 2.61 bits per heavy atom. The van der Waals surface area contributed by atoms with Crippen LogP contribution in [0.1, 0.15) is 46.0 Å². The van der Waals surface area contributed by atoms with E-state index in [0.29, 0.717) is 26.2 Å². The molecule has 0 saturated carbocycles. The van der Waals surface area contributed by atoms with Gasteiger partial charge < -0.3 is 15.3 Å². The molecular weight excluding hydrogens is 323 g/mol. The minimum Gasteiger partial charge on any atom is -0.859 e. The number of allylic oxidation sites excluding steroid dienone is 1. The monoisotopic (exact) mass is 352 g/mol. The van der Waals surface area contributed by atoms with Crippen molar-refractivity contribution in [1.29, 1.82) is 0 Å². The van der Waals surface area contributed by atoms with Gasteiger partial charge in [-0.1, -0.05) is 31.9 Å². The predicted molar refractivity (Wildman–Crippen MR) is 86.0 cm³/mol. The first kappa shape index (κ1) is 25.5. The molecule has 0 aromatic heterocycles. The van der Waals surface area contributed by atoms with Crippen LogP contribution >= 0.6 is 0 Å². The van der Waals surface area contributed by atoms with Crippen molar-refractivity contribution < 1.29 is 71.5 Å². The van der Waals surface area contributed by atoms with Gasteiger partial charge in [-0.25, -0.2) is 0 Å². The van der Waals surface area contributed by atoms with Crippen molar-refractivity contribution in [2.75, 3.05) is 26.2 Å². The second-order valence-corrected chi connectivity index (χ2v) is 5.41. The Morgan fingerprint density at radius 2 is 2.04 bits per heavy atom. The summed E-state index contributed by atoms with van der Waals surface area (Å²) in [5.41, 5.74) is 0. The van der Waals surface area contributed by atoms with Crippen LogP contribution in [-0.2, 0) is 4.79 Å². The summed E-state index contributed by atoms with van der Waals surface area (Å²) in [6, 6.07) is 0. The molecule has 0 aliphatic rings. The standard InChI is InChI=1S/C16H30N2O4.K/c1-3-4-5-6-7-8-15(20)17-10-12-18(13-14(2)19)11-9-16(21)22;/h7-8,14,19H,3-6,9-13H2,1-2H3,(H,17,20)(H,21,22);/q;+1/p-1/b8-7+;. The van der Waals surface area contributed by atoms with Gasteiger partial charge in [-0.2, -0.15) is 0 Å². The van der Waals surface area contributed by atoms with Crippen molar-refractivity contribution in [2.45, 2.75) is 52.1 Å². The zero-order valence-corrected chi connectivity index (χ0v) is 17.8. The molecule has 6 nitrogen and oxygen atoms in total. The Balaban J connectivity index is 0. The first-order chi connectivity index (χ1) is 10.5. The second-order valence-electron chi connectivity index (χ2n) is 5.41. The largest absolute Gasteiger partial charge is 1.00 e. The van der Waals surface area contributed by atoms with Crippen molar-refractivity contribution in [2.24, 2.45) is 4.99 Å². The van der Waals surface area contributed by atoms with Crippen LogP contribution < -0.4 is 56.5 Å². The number of aliphatic hydroxyl groups excluding tert-OH is 1. The quantitative estimate of drug-likeness (QED) is 0.174. The van der Waals surface area contributed by atoms with Crippen molar-refractivity contribution in [3.05, 3.63) is 12.2 Å². The van der Waals surface area contributed by atoms with Crippen molar-refractivity contribution in [1.82, 2.24) is 4.90 Å². The fraction of sp³-hybridized carbons (Fsp3) is 0.750. The number of carbonyl (C=O) groups is 1. The molecule has 0 radical (unpaired) electrons. The van der Waals surface area contributed by atoms with Gasteiger partial charge in [0.25, 0.3) is 0 Å². The number of carboxylic acid groups (broad SMARTS) is 1. The Kier molecular flexibility index (Phi) is 18.9. The summed E-state index contributed by atoms with van der Waals surface area (Å²) in [6.07, 6.45) is 7.10. The maximum atomic E-state index is 11.5. The van der Waals surface area contributed by atoms with E-state index in [1.54, 1.807) is 11.8 Å². The molecule has 0 spiro atoms. The number of rotatable bonds is 13. The van der Waals surface area contributed by atoms with Gasteiger partial charge in [0.15, 0.2) is 0 Å². The zero-order valence-electron chi connectivity index (χ0n) is 14.7. The second kappa shape index (κ2) is 17.1. The Labute approximate surface area is 182 Å². The van der Waals surface area contributed by atoms with E-state index in [0.717, 1.165) is 25.7 Å². The summed E-state index contributed by atoms with van der Waals surface area (Å²) in [5.74, 6) is -1.13. The predicted octanol–water partition coefficient (Wildman–Crippen LogP) is -1.96. The number of aliphatic imine (C=N–C) groups is 1. The van der Waals surface area contributed by atoms with E-state index in [4.69, 9.17) is 5.11 Å². The van der Waals surface area contributed by atoms with Crippen LogP contribution in [0.2, 0.25) is 0 Å². The Hall–Kier alpha value is 0.236. The first-order valence-corrected chi connectivity index (χ1v) is 7.96. The molecule has 0 fully saturated rings. The van der Waals surface area contributed by atoms with E-state index in [2.05, 4.69) is 11.9 Å². The summed E-state index contributed by atoms with van der Waals surface area (Å²) in [4.78, 5) is 16.3. The van der Waals surface area contributed by atoms with Gasteiger partial charge in [0.1, 0.15) is 0 Å². The van der Waals surface area contributed by atoms with Crippen LogP contribution in [0.25, 0.3) is 0 Å². The molecular formula is C16H29KN2O4. The van der Waals surface area contributed by atoms with Crippen LogP contribution in [-0.4, -0.2) is 59.3 Å². The van der Waals surface area contributed by atoms with Gasteiger partial charge >= 0.3 is 57.4 Å².